The maximum absolute atomic E-state index is 12.5. The van der Waals surface area contributed by atoms with Crippen LogP contribution in [0.5, 0.6) is 0 Å². The molecule has 1 heterocycles. The maximum atomic E-state index is 12.5. The van der Waals surface area contributed by atoms with Gasteiger partial charge < -0.3 is 15.1 Å². The van der Waals surface area contributed by atoms with E-state index in [9.17, 15) is 4.79 Å². The number of nitrogens with one attached hydrogen (secondary N) is 1. The number of benzene rings is 2. The Morgan fingerprint density at radius 2 is 1.81 bits per heavy atom. The monoisotopic (exact) mass is 403 g/mol. The van der Waals surface area contributed by atoms with Gasteiger partial charge in [-0.1, -0.05) is 59.6 Å². The molecular weight excluding hydrogens is 383 g/mol. The van der Waals surface area contributed by atoms with Gasteiger partial charge in [-0.3, -0.25) is 4.79 Å². The molecule has 0 aliphatic rings. The first-order chi connectivity index (χ1) is 13.0. The number of furan rings is 1. The van der Waals surface area contributed by atoms with E-state index in [1.807, 2.05) is 60.8 Å². The third-order valence-electron chi connectivity index (χ3n) is 4.37. The van der Waals surface area contributed by atoms with Crippen LogP contribution in [0.4, 0.5) is 0 Å². The minimum absolute atomic E-state index is 0.0685. The summed E-state index contributed by atoms with van der Waals surface area (Å²) in [5.41, 5.74) is 1.99. The van der Waals surface area contributed by atoms with Crippen LogP contribution in [-0.4, -0.2) is 12.5 Å². The van der Waals surface area contributed by atoms with E-state index in [1.54, 1.807) is 18.4 Å². The lowest BCUT2D eigenvalue weighted by atomic mass is 10.0. The van der Waals surface area contributed by atoms with Crippen LogP contribution in [0.15, 0.2) is 71.3 Å². The second-order valence-corrected chi connectivity index (χ2v) is 7.12. The van der Waals surface area contributed by atoms with Gasteiger partial charge in [0.25, 0.3) is 5.91 Å². The molecule has 3 rings (SSSR count). The highest BCUT2D eigenvalue weighted by Crippen LogP contribution is 2.25. The van der Waals surface area contributed by atoms with Gasteiger partial charge in [0.2, 0.25) is 0 Å². The first kappa shape index (κ1) is 19.5. The first-order valence-corrected chi connectivity index (χ1v) is 9.46. The van der Waals surface area contributed by atoms with Crippen molar-refractivity contribution in [1.82, 2.24) is 5.32 Å². The Balaban J connectivity index is 1.63. The molecule has 1 amide bonds. The highest BCUT2D eigenvalue weighted by Gasteiger charge is 2.22. The van der Waals surface area contributed by atoms with Crippen LogP contribution in [0.2, 0.25) is 10.0 Å². The summed E-state index contributed by atoms with van der Waals surface area (Å²) >= 11 is 12.0. The maximum Gasteiger partial charge on any atom is 0.275 e. The van der Waals surface area contributed by atoms with E-state index < -0.39 is 0 Å². The lowest BCUT2D eigenvalue weighted by Gasteiger charge is -2.17. The fourth-order valence-corrected chi connectivity index (χ4v) is 3.24. The zero-order valence-corrected chi connectivity index (χ0v) is 16.4. The molecule has 0 saturated heterocycles. The smallest absolute Gasteiger partial charge is 0.275 e. The van der Waals surface area contributed by atoms with Crippen molar-refractivity contribution in [3.8, 4) is 0 Å². The molecule has 0 spiro atoms. The molecule has 0 aliphatic carbocycles. The predicted molar refractivity (Wildman–Crippen MR) is 107 cm³/mol. The number of carbonyl (C=O) groups is 1. The fourth-order valence-electron chi connectivity index (χ4n) is 2.94. The third-order valence-corrected chi connectivity index (χ3v) is 5.11. The van der Waals surface area contributed by atoms with Crippen LogP contribution in [0, 0.1) is 0 Å². The SMILES string of the molecule is C[C@@H](NC(=O)C[NH2+][C@@H](c1ccccc1)c1ccco1)c1ccc(Cl)c(Cl)c1. The number of hydrogen-bond acceptors (Lipinski definition) is 2. The van der Waals surface area contributed by atoms with Crippen LogP contribution in [0.1, 0.15) is 35.9 Å². The molecule has 3 N–H and O–H groups in total. The first-order valence-electron chi connectivity index (χ1n) is 8.70. The molecule has 4 nitrogen and oxygen atoms in total. The lowest BCUT2D eigenvalue weighted by molar-refractivity contribution is -0.678. The quantitative estimate of drug-likeness (QED) is 0.623. The Bertz CT molecular complexity index is 882. The van der Waals surface area contributed by atoms with E-state index in [4.69, 9.17) is 27.6 Å². The number of rotatable bonds is 7. The topological polar surface area (TPSA) is 58.9 Å². The van der Waals surface area contributed by atoms with E-state index >= 15 is 0 Å². The molecule has 2 atom stereocenters. The molecule has 3 aromatic rings. The predicted octanol–water partition coefficient (Wildman–Crippen LogP) is 4.12. The standard InChI is InChI=1S/C21H20Cl2N2O2/c1-14(16-9-10-17(22)18(23)12-16)25-20(26)13-24-21(19-8-5-11-27-19)15-6-3-2-4-7-15/h2-12,14,21,24H,13H2,1H3,(H,25,26)/p+1/t14-,21+/m1/s1. The Morgan fingerprint density at radius 1 is 1.04 bits per heavy atom. The number of amides is 1. The van der Waals surface area contributed by atoms with Crippen molar-refractivity contribution in [3.63, 3.8) is 0 Å². The second kappa shape index (κ2) is 9.09. The summed E-state index contributed by atoms with van der Waals surface area (Å²) in [5.74, 6) is 0.743. The third kappa shape index (κ3) is 5.13. The number of halogens is 2. The van der Waals surface area contributed by atoms with Gasteiger partial charge >= 0.3 is 0 Å². The zero-order chi connectivity index (χ0) is 19.2. The summed E-state index contributed by atoms with van der Waals surface area (Å²) in [5, 5.41) is 5.93. The highest BCUT2D eigenvalue weighted by molar-refractivity contribution is 6.42. The number of carbonyl (C=O) groups excluding carboxylic acids is 1. The van der Waals surface area contributed by atoms with Gasteiger partial charge in [-0.2, -0.15) is 0 Å². The van der Waals surface area contributed by atoms with Gasteiger partial charge in [-0.05, 0) is 36.8 Å². The van der Waals surface area contributed by atoms with Crippen molar-refractivity contribution in [2.24, 2.45) is 0 Å². The Labute approximate surface area is 168 Å². The van der Waals surface area contributed by atoms with Gasteiger partial charge in [-0.15, -0.1) is 0 Å². The molecule has 0 radical (unpaired) electrons. The summed E-state index contributed by atoms with van der Waals surface area (Å²) < 4.78 is 5.57. The zero-order valence-electron chi connectivity index (χ0n) is 14.9. The average molecular weight is 404 g/mol. The molecule has 0 saturated carbocycles. The van der Waals surface area contributed by atoms with Crippen LogP contribution < -0.4 is 10.6 Å². The van der Waals surface area contributed by atoms with Crippen molar-refractivity contribution >= 4 is 29.1 Å². The second-order valence-electron chi connectivity index (χ2n) is 6.31. The molecule has 0 aliphatic heterocycles. The van der Waals surface area contributed by atoms with E-state index in [-0.39, 0.29) is 24.5 Å². The van der Waals surface area contributed by atoms with Crippen molar-refractivity contribution in [1.29, 1.82) is 0 Å². The summed E-state index contributed by atoms with van der Waals surface area (Å²) in [4.78, 5) is 12.5. The Hall–Kier alpha value is -2.27. The minimum atomic E-state index is -0.167. The molecule has 140 valence electrons. The van der Waals surface area contributed by atoms with E-state index in [0.29, 0.717) is 10.0 Å². The van der Waals surface area contributed by atoms with Crippen molar-refractivity contribution < 1.29 is 14.5 Å². The molecule has 6 heteroatoms. The molecule has 27 heavy (non-hydrogen) atoms. The average Bonchev–Trinajstić information content (AvgIpc) is 3.19. The molecule has 0 fully saturated rings. The summed E-state index contributed by atoms with van der Waals surface area (Å²) in [7, 11) is 0. The number of quaternary nitrogens is 1. The van der Waals surface area contributed by atoms with Crippen LogP contribution in [-0.2, 0) is 4.79 Å². The molecule has 0 unspecified atom stereocenters. The molecule has 2 aromatic carbocycles. The van der Waals surface area contributed by atoms with E-state index in [2.05, 4.69) is 5.32 Å². The summed E-state index contributed by atoms with van der Waals surface area (Å²) in [6.07, 6.45) is 1.64. The largest absolute Gasteiger partial charge is 0.463 e. The van der Waals surface area contributed by atoms with Gasteiger partial charge in [0, 0.05) is 5.56 Å². The van der Waals surface area contributed by atoms with E-state index in [0.717, 1.165) is 16.9 Å². The van der Waals surface area contributed by atoms with Crippen LogP contribution >= 0.6 is 23.2 Å². The van der Waals surface area contributed by atoms with Crippen molar-refractivity contribution in [2.75, 3.05) is 6.54 Å². The minimum Gasteiger partial charge on any atom is -0.463 e. The van der Waals surface area contributed by atoms with Crippen molar-refractivity contribution in [3.05, 3.63) is 93.9 Å². The van der Waals surface area contributed by atoms with Crippen LogP contribution in [0.25, 0.3) is 0 Å². The Kier molecular flexibility index (Phi) is 6.56. The van der Waals surface area contributed by atoms with Crippen LogP contribution in [0.3, 0.4) is 0 Å². The van der Waals surface area contributed by atoms with Gasteiger partial charge in [0.1, 0.15) is 0 Å². The molecular formula is C21H21Cl2N2O2+. The van der Waals surface area contributed by atoms with E-state index in [1.165, 1.54) is 0 Å². The van der Waals surface area contributed by atoms with Gasteiger partial charge in [0.05, 0.1) is 22.4 Å². The number of hydrogen-bond donors (Lipinski definition) is 2. The Morgan fingerprint density at radius 3 is 2.48 bits per heavy atom. The molecule has 1 aromatic heterocycles. The summed E-state index contributed by atoms with van der Waals surface area (Å²) in [6, 6.07) is 18.9. The highest BCUT2D eigenvalue weighted by atomic mass is 35.5. The molecule has 0 bridgehead atoms. The van der Waals surface area contributed by atoms with Crippen molar-refractivity contribution in [2.45, 2.75) is 19.0 Å². The lowest BCUT2D eigenvalue weighted by Crippen LogP contribution is -2.87. The number of nitrogens with two attached hydrogens (primary N) is 1. The summed E-state index contributed by atoms with van der Waals surface area (Å²) in [6.45, 7) is 2.19. The van der Waals surface area contributed by atoms with Gasteiger partial charge in [0.15, 0.2) is 18.3 Å². The normalized spacial score (nSPS) is 13.1. The fraction of sp³-hybridized carbons (Fsp3) is 0.190. The van der Waals surface area contributed by atoms with Gasteiger partial charge in [-0.25, -0.2) is 0 Å².